The summed E-state index contributed by atoms with van der Waals surface area (Å²) in [5.74, 6) is 0.0242. The van der Waals surface area contributed by atoms with Gasteiger partial charge in [-0.1, -0.05) is 6.07 Å². The number of hydrogen-bond donors (Lipinski definition) is 2. The molecule has 1 unspecified atom stereocenters. The Hall–Kier alpha value is -1.95. The van der Waals surface area contributed by atoms with Crippen LogP contribution in [0, 0.1) is 0 Å². The van der Waals surface area contributed by atoms with Crippen molar-refractivity contribution in [3.05, 3.63) is 29.7 Å². The van der Waals surface area contributed by atoms with E-state index in [-0.39, 0.29) is 11.6 Å². The lowest BCUT2D eigenvalue weighted by atomic mass is 10.1. The normalized spacial score (nSPS) is 19.9. The minimum Gasteiger partial charge on any atom is -0.477 e. The zero-order valence-corrected chi connectivity index (χ0v) is 9.13. The first-order chi connectivity index (χ1) is 8.27. The number of rotatable bonds is 2. The zero-order valence-electron chi connectivity index (χ0n) is 9.13. The van der Waals surface area contributed by atoms with E-state index < -0.39 is 5.97 Å². The lowest BCUT2D eigenvalue weighted by Gasteiger charge is -2.08. The molecule has 1 fully saturated rings. The molecule has 1 atom stereocenters. The Bertz CT molecular complexity index is 572. The molecule has 3 heterocycles. The molecule has 6 heteroatoms. The molecule has 0 spiro atoms. The number of aromatic carboxylic acids is 1. The summed E-state index contributed by atoms with van der Waals surface area (Å²) in [6.45, 7) is 1.77. The van der Waals surface area contributed by atoms with Crippen molar-refractivity contribution < 1.29 is 9.90 Å². The highest BCUT2D eigenvalue weighted by Crippen LogP contribution is 2.22. The van der Waals surface area contributed by atoms with Crippen molar-refractivity contribution in [2.24, 2.45) is 0 Å². The number of carboxylic acids is 1. The number of aromatic nitrogens is 3. The van der Waals surface area contributed by atoms with Crippen molar-refractivity contribution in [3.63, 3.8) is 0 Å². The highest BCUT2D eigenvalue weighted by Gasteiger charge is 2.24. The Labute approximate surface area is 97.3 Å². The Morgan fingerprint density at radius 2 is 2.35 bits per heavy atom. The number of carbonyl (C=O) groups is 1. The van der Waals surface area contributed by atoms with Crippen molar-refractivity contribution in [2.45, 2.75) is 12.3 Å². The third kappa shape index (κ3) is 1.57. The Kier molecular flexibility index (Phi) is 2.29. The predicted octanol–water partition coefficient (Wildman–Crippen LogP) is 0.504. The van der Waals surface area contributed by atoms with E-state index in [1.54, 1.807) is 22.6 Å². The molecular weight excluding hydrogens is 220 g/mol. The zero-order chi connectivity index (χ0) is 11.8. The van der Waals surface area contributed by atoms with Gasteiger partial charge in [0.15, 0.2) is 5.65 Å². The van der Waals surface area contributed by atoms with Gasteiger partial charge in [-0.25, -0.2) is 4.79 Å². The molecule has 0 aliphatic carbocycles. The molecule has 6 nitrogen and oxygen atoms in total. The Morgan fingerprint density at radius 3 is 3.06 bits per heavy atom. The van der Waals surface area contributed by atoms with Crippen LogP contribution in [-0.2, 0) is 0 Å². The molecule has 88 valence electrons. The molecule has 1 aliphatic heterocycles. The van der Waals surface area contributed by atoms with Crippen molar-refractivity contribution in [1.29, 1.82) is 0 Å². The molecule has 17 heavy (non-hydrogen) atoms. The fraction of sp³-hybridized carbons (Fsp3) is 0.364. The second-order valence-corrected chi connectivity index (χ2v) is 4.16. The van der Waals surface area contributed by atoms with E-state index in [0.29, 0.717) is 5.65 Å². The molecule has 1 saturated heterocycles. The van der Waals surface area contributed by atoms with E-state index in [0.717, 1.165) is 25.3 Å². The van der Waals surface area contributed by atoms with Crippen molar-refractivity contribution in [3.8, 4) is 0 Å². The van der Waals surface area contributed by atoms with Gasteiger partial charge in [0.05, 0.1) is 0 Å². The molecule has 0 radical (unpaired) electrons. The summed E-state index contributed by atoms with van der Waals surface area (Å²) in [7, 11) is 0. The van der Waals surface area contributed by atoms with Crippen LogP contribution in [0.1, 0.15) is 28.7 Å². The SMILES string of the molecule is O=C(O)c1cccc2nnc(C3CCNC3)n12. The van der Waals surface area contributed by atoms with Crippen LogP contribution >= 0.6 is 0 Å². The summed E-state index contributed by atoms with van der Waals surface area (Å²) in [6, 6.07) is 5.03. The van der Waals surface area contributed by atoms with E-state index in [1.807, 2.05) is 0 Å². The van der Waals surface area contributed by atoms with Crippen molar-refractivity contribution in [1.82, 2.24) is 19.9 Å². The maximum atomic E-state index is 11.2. The third-order valence-corrected chi connectivity index (χ3v) is 3.10. The largest absolute Gasteiger partial charge is 0.477 e. The fourth-order valence-electron chi connectivity index (χ4n) is 2.27. The van der Waals surface area contributed by atoms with Gasteiger partial charge in [0.1, 0.15) is 11.5 Å². The van der Waals surface area contributed by atoms with Crippen LogP contribution in [0.5, 0.6) is 0 Å². The number of fused-ring (bicyclic) bond motifs is 1. The van der Waals surface area contributed by atoms with Gasteiger partial charge in [0, 0.05) is 12.5 Å². The summed E-state index contributed by atoms with van der Waals surface area (Å²) in [5, 5.41) is 20.6. The van der Waals surface area contributed by atoms with Gasteiger partial charge in [-0.3, -0.25) is 4.40 Å². The van der Waals surface area contributed by atoms with Gasteiger partial charge in [-0.2, -0.15) is 0 Å². The van der Waals surface area contributed by atoms with Crippen LogP contribution < -0.4 is 5.32 Å². The summed E-state index contributed by atoms with van der Waals surface area (Å²) >= 11 is 0. The molecular formula is C11H12N4O2. The third-order valence-electron chi connectivity index (χ3n) is 3.10. The second kappa shape index (κ2) is 3.81. The fourth-order valence-corrected chi connectivity index (χ4v) is 2.27. The van der Waals surface area contributed by atoms with E-state index in [1.165, 1.54) is 0 Å². The predicted molar refractivity (Wildman–Crippen MR) is 60.2 cm³/mol. The lowest BCUT2D eigenvalue weighted by Crippen LogP contribution is -2.13. The average molecular weight is 232 g/mol. The number of nitrogens with one attached hydrogen (secondary N) is 1. The van der Waals surface area contributed by atoms with Crippen LogP contribution in [0.3, 0.4) is 0 Å². The standard InChI is InChI=1S/C11H12N4O2/c16-11(17)8-2-1-3-9-13-14-10(15(8)9)7-4-5-12-6-7/h1-3,7,12H,4-6H2,(H,16,17). The summed E-state index contributed by atoms with van der Waals surface area (Å²) in [5.41, 5.74) is 0.807. The van der Waals surface area contributed by atoms with Crippen molar-refractivity contribution in [2.75, 3.05) is 13.1 Å². The molecule has 2 aromatic heterocycles. The van der Waals surface area contributed by atoms with Crippen molar-refractivity contribution >= 4 is 11.6 Å². The average Bonchev–Trinajstić information content (AvgIpc) is 2.96. The van der Waals surface area contributed by atoms with Gasteiger partial charge in [0.25, 0.3) is 0 Å². The van der Waals surface area contributed by atoms with Crippen LogP contribution in [0.2, 0.25) is 0 Å². The maximum absolute atomic E-state index is 11.2. The van der Waals surface area contributed by atoms with Gasteiger partial charge in [-0.15, -0.1) is 10.2 Å². The van der Waals surface area contributed by atoms with Crippen LogP contribution in [0.4, 0.5) is 0 Å². The minimum atomic E-state index is -0.956. The molecule has 0 amide bonds. The molecule has 0 saturated carbocycles. The number of nitrogens with zero attached hydrogens (tertiary/aromatic N) is 3. The van der Waals surface area contributed by atoms with Gasteiger partial charge in [-0.05, 0) is 25.1 Å². The summed E-state index contributed by atoms with van der Waals surface area (Å²) < 4.78 is 1.64. The highest BCUT2D eigenvalue weighted by molar-refractivity contribution is 5.86. The van der Waals surface area contributed by atoms with Crippen LogP contribution in [0.15, 0.2) is 18.2 Å². The molecule has 0 bridgehead atoms. The van der Waals surface area contributed by atoms with E-state index >= 15 is 0 Å². The maximum Gasteiger partial charge on any atom is 0.352 e. The molecule has 2 N–H and O–H groups in total. The minimum absolute atomic E-state index is 0.217. The Balaban J connectivity index is 2.21. The first kappa shape index (κ1) is 10.2. The smallest absolute Gasteiger partial charge is 0.352 e. The lowest BCUT2D eigenvalue weighted by molar-refractivity contribution is 0.0688. The topological polar surface area (TPSA) is 79.5 Å². The van der Waals surface area contributed by atoms with Gasteiger partial charge in [0.2, 0.25) is 0 Å². The molecule has 3 rings (SSSR count). The molecule has 1 aliphatic rings. The number of hydrogen-bond acceptors (Lipinski definition) is 4. The van der Waals surface area contributed by atoms with Crippen LogP contribution in [0.25, 0.3) is 5.65 Å². The van der Waals surface area contributed by atoms with E-state index in [4.69, 9.17) is 0 Å². The first-order valence-corrected chi connectivity index (χ1v) is 5.55. The molecule has 2 aromatic rings. The summed E-state index contributed by atoms with van der Waals surface area (Å²) in [6.07, 6.45) is 0.967. The molecule has 0 aromatic carbocycles. The summed E-state index contributed by atoms with van der Waals surface area (Å²) in [4.78, 5) is 11.2. The quantitative estimate of drug-likeness (QED) is 0.788. The van der Waals surface area contributed by atoms with Gasteiger partial charge >= 0.3 is 5.97 Å². The monoisotopic (exact) mass is 232 g/mol. The van der Waals surface area contributed by atoms with Gasteiger partial charge < -0.3 is 10.4 Å². The van der Waals surface area contributed by atoms with E-state index in [9.17, 15) is 9.90 Å². The number of pyridine rings is 1. The van der Waals surface area contributed by atoms with Crippen LogP contribution in [-0.4, -0.2) is 38.8 Å². The highest BCUT2D eigenvalue weighted by atomic mass is 16.4. The number of carboxylic acid groups (broad SMARTS) is 1. The first-order valence-electron chi connectivity index (χ1n) is 5.55. The second-order valence-electron chi connectivity index (χ2n) is 4.16. The van der Waals surface area contributed by atoms with E-state index in [2.05, 4.69) is 15.5 Å². The Morgan fingerprint density at radius 1 is 1.47 bits per heavy atom.